The van der Waals surface area contributed by atoms with Gasteiger partial charge < -0.3 is 0 Å². The molecule has 318 valence electrons. The third kappa shape index (κ3) is 9.03. The van der Waals surface area contributed by atoms with E-state index in [0.717, 1.165) is 43.0 Å². The molecule has 0 spiro atoms. The molecule has 0 aromatic heterocycles. The van der Waals surface area contributed by atoms with Crippen LogP contribution in [0.4, 0.5) is 0 Å². The summed E-state index contributed by atoms with van der Waals surface area (Å²) in [5.41, 5.74) is 1.78. The van der Waals surface area contributed by atoms with Crippen molar-refractivity contribution in [3.63, 3.8) is 0 Å². The number of benzene rings is 7. The molecule has 0 unspecified atom stereocenters. The molecule has 0 saturated carbocycles. The maximum atomic E-state index is 12.0. The van der Waals surface area contributed by atoms with Crippen LogP contribution in [0.25, 0.3) is 0 Å². The predicted octanol–water partition coefficient (Wildman–Crippen LogP) is 10.2. The fourth-order valence-corrected chi connectivity index (χ4v) is 23.6. The molecule has 0 saturated heterocycles. The second-order valence-corrected chi connectivity index (χ2v) is 33.0. The van der Waals surface area contributed by atoms with Crippen molar-refractivity contribution in [1.82, 2.24) is 0 Å². The van der Waals surface area contributed by atoms with Crippen molar-refractivity contribution < 1.29 is 28.5 Å². The van der Waals surface area contributed by atoms with E-state index < -0.39 is 10.6 Å². The van der Waals surface area contributed by atoms with Gasteiger partial charge in [-0.1, -0.05) is 0 Å². The standard InChI is InChI=1S/C52H50Br2O6P2/c1-41(55)57-33-35-59-51-37-44(40-62(54,48-27-15-6-16-28-48,49-29-17-7-18-30-49)50-31-19-8-20-32-50)52(60-36-34-58-42(2)56)38-43(51)39-61(53,45-21-9-3-10-22-45,46-23-11-4-12-24-46)47-25-13-5-14-26-47/h3-32,37-38H,33-36,39-40H2,1-2H3. The van der Waals surface area contributed by atoms with Gasteiger partial charge in [-0.25, -0.2) is 0 Å². The van der Waals surface area contributed by atoms with Gasteiger partial charge in [0.1, 0.15) is 0 Å². The van der Waals surface area contributed by atoms with Crippen LogP contribution in [0.3, 0.4) is 0 Å². The summed E-state index contributed by atoms with van der Waals surface area (Å²) in [5, 5.41) is -0.315. The topological polar surface area (TPSA) is 71.1 Å². The molecule has 0 aliphatic heterocycles. The van der Waals surface area contributed by atoms with Crippen LogP contribution in [-0.2, 0) is 31.4 Å². The van der Waals surface area contributed by atoms with E-state index in [1.54, 1.807) is 0 Å². The molecule has 0 aliphatic carbocycles. The van der Waals surface area contributed by atoms with Crippen LogP contribution in [0.2, 0.25) is 0 Å². The average Bonchev–Trinajstić information content (AvgIpc) is 3.32. The molecule has 0 bridgehead atoms. The van der Waals surface area contributed by atoms with Crippen molar-refractivity contribution in [2.45, 2.75) is 26.2 Å². The molecule has 0 radical (unpaired) electrons. The molecule has 0 atom stereocenters. The molecule has 0 heterocycles. The number of carbonyl (C=O) groups excluding carboxylic acids is 2. The van der Waals surface area contributed by atoms with Crippen LogP contribution in [0.15, 0.2) is 194 Å². The fraction of sp³-hybridized carbons (Fsp3) is 0.154. The number of esters is 2. The van der Waals surface area contributed by atoms with E-state index in [4.69, 9.17) is 18.9 Å². The Bertz CT molecular complexity index is 2200. The van der Waals surface area contributed by atoms with Gasteiger partial charge in [0.2, 0.25) is 0 Å². The van der Waals surface area contributed by atoms with Gasteiger partial charge in [0.05, 0.1) is 0 Å². The van der Waals surface area contributed by atoms with Crippen molar-refractivity contribution in [2.75, 3.05) is 26.4 Å². The van der Waals surface area contributed by atoms with Crippen molar-refractivity contribution >= 4 is 85.4 Å². The first-order chi connectivity index (χ1) is 30.0. The van der Waals surface area contributed by atoms with E-state index in [2.05, 4.69) is 189 Å². The third-order valence-electron chi connectivity index (χ3n) is 11.2. The molecule has 7 aromatic carbocycles. The molecule has 0 aliphatic rings. The van der Waals surface area contributed by atoms with E-state index >= 15 is 0 Å². The molecule has 7 aromatic rings. The first-order valence-corrected chi connectivity index (χ1v) is 29.4. The molecular weight excluding hydrogens is 942 g/mol. The monoisotopic (exact) mass is 990 g/mol. The van der Waals surface area contributed by atoms with Crippen molar-refractivity contribution in [3.8, 4) is 11.5 Å². The summed E-state index contributed by atoms with van der Waals surface area (Å²) >= 11 is 9.34. The normalized spacial score (nSPS) is 12.8. The van der Waals surface area contributed by atoms with Gasteiger partial charge in [0, 0.05) is 0 Å². The summed E-state index contributed by atoms with van der Waals surface area (Å²) in [5.74, 6) is 0.530. The number of hydrogen-bond acceptors (Lipinski definition) is 6. The zero-order chi connectivity index (χ0) is 43.5. The van der Waals surface area contributed by atoms with Crippen LogP contribution < -0.4 is 41.3 Å². The van der Waals surface area contributed by atoms with Gasteiger partial charge in [-0.2, -0.15) is 0 Å². The molecule has 6 nitrogen and oxygen atoms in total. The van der Waals surface area contributed by atoms with Gasteiger partial charge in [-0.05, 0) is 0 Å². The van der Waals surface area contributed by atoms with Gasteiger partial charge >= 0.3 is 383 Å². The zero-order valence-electron chi connectivity index (χ0n) is 34.8. The van der Waals surface area contributed by atoms with E-state index in [0.29, 0.717) is 23.8 Å². The van der Waals surface area contributed by atoms with Crippen LogP contribution in [0, 0.1) is 0 Å². The Labute approximate surface area is 380 Å². The maximum absolute atomic E-state index is 12.0. The molecule has 7 rings (SSSR count). The molecule has 10 heteroatoms. The van der Waals surface area contributed by atoms with Gasteiger partial charge in [-0.3, -0.25) is 0 Å². The fourth-order valence-electron chi connectivity index (χ4n) is 8.35. The van der Waals surface area contributed by atoms with E-state index in [9.17, 15) is 9.59 Å². The summed E-state index contributed by atoms with van der Waals surface area (Å²) < 4.78 is 24.4. The Balaban J connectivity index is 1.52. The summed E-state index contributed by atoms with van der Waals surface area (Å²) in [6, 6.07) is 67.9. The molecular formula is C52H50Br2O6P2. The van der Waals surface area contributed by atoms with Crippen LogP contribution >= 0.6 is 41.6 Å². The van der Waals surface area contributed by atoms with E-state index in [1.807, 2.05) is 36.4 Å². The number of rotatable bonds is 18. The van der Waals surface area contributed by atoms with Crippen molar-refractivity contribution in [2.24, 2.45) is 0 Å². The summed E-state index contributed by atoms with van der Waals surface area (Å²) in [6.07, 6.45) is 1.00. The zero-order valence-corrected chi connectivity index (χ0v) is 39.8. The minimum atomic E-state index is -3.59. The van der Waals surface area contributed by atoms with E-state index in [1.165, 1.54) is 13.8 Å². The first-order valence-electron chi connectivity index (χ1n) is 20.5. The summed E-state index contributed by atoms with van der Waals surface area (Å²) in [7, 11) is 0. The average molecular weight is 993 g/mol. The molecule has 0 fully saturated rings. The number of halogens is 2. The van der Waals surface area contributed by atoms with E-state index in [-0.39, 0.29) is 38.4 Å². The predicted molar refractivity (Wildman–Crippen MR) is 266 cm³/mol. The summed E-state index contributed by atoms with van der Waals surface area (Å²) in [4.78, 5) is 23.9. The van der Waals surface area contributed by atoms with Crippen molar-refractivity contribution in [3.05, 3.63) is 205 Å². The Kier molecular flexibility index (Phi) is 14.2. The second kappa shape index (κ2) is 19.5. The van der Waals surface area contributed by atoms with Gasteiger partial charge in [0.25, 0.3) is 0 Å². The second-order valence-electron chi connectivity index (χ2n) is 15.1. The number of hydrogen-bond donors (Lipinski definition) is 0. The Hall–Kier alpha value is -5.10. The molecule has 0 amide bonds. The van der Waals surface area contributed by atoms with Crippen LogP contribution in [0.1, 0.15) is 25.0 Å². The van der Waals surface area contributed by atoms with Crippen LogP contribution in [-0.4, -0.2) is 38.4 Å². The number of carbonyl (C=O) groups is 2. The van der Waals surface area contributed by atoms with Gasteiger partial charge in [-0.15, -0.1) is 0 Å². The molecule has 62 heavy (non-hydrogen) atoms. The minimum absolute atomic E-state index is 0.0781. The van der Waals surface area contributed by atoms with Crippen LogP contribution in [0.5, 0.6) is 11.5 Å². The first kappa shape index (κ1) is 44.9. The Morgan fingerprint density at radius 2 is 0.613 bits per heavy atom. The SMILES string of the molecule is CC(=O)OCCOc1cc(CP(Br)(c2ccccc2)(c2ccccc2)c2ccccc2)c(OCCOC(C)=O)cc1CP(Br)(c1ccccc1)(c1ccccc1)c1ccccc1. The molecule has 0 N–H and O–H groups in total. The van der Waals surface area contributed by atoms with Crippen molar-refractivity contribution in [1.29, 1.82) is 0 Å². The number of ether oxygens (including phenoxy) is 4. The van der Waals surface area contributed by atoms with Gasteiger partial charge in [0.15, 0.2) is 0 Å². The third-order valence-corrected chi connectivity index (χ3v) is 30.2. The summed E-state index contributed by atoms with van der Waals surface area (Å²) in [6.45, 7) is 3.22. The quantitative estimate of drug-likeness (QED) is 0.0485. The Morgan fingerprint density at radius 1 is 0.387 bits per heavy atom. The Morgan fingerprint density at radius 3 is 0.823 bits per heavy atom.